The molecule has 3 aliphatic rings. The highest BCUT2D eigenvalue weighted by atomic mass is 32.2. The third-order valence-electron chi connectivity index (χ3n) is 8.25. The SMILES string of the molecule is COC(=O)CCNc1ccc(C(=O)NC2C(C)(C)[C@@H]3CC[C@]2(C)C3)cc1S(=O)(=O)N1CCOCC1. The van der Waals surface area contributed by atoms with Crippen LogP contribution in [-0.4, -0.2) is 70.6 Å². The van der Waals surface area contributed by atoms with Gasteiger partial charge in [0.1, 0.15) is 4.90 Å². The maximum Gasteiger partial charge on any atom is 0.307 e. The van der Waals surface area contributed by atoms with Gasteiger partial charge in [0, 0.05) is 31.2 Å². The van der Waals surface area contributed by atoms with E-state index in [2.05, 4.69) is 36.1 Å². The van der Waals surface area contributed by atoms with E-state index in [0.717, 1.165) is 12.8 Å². The number of methoxy groups -OCH3 is 1. The summed E-state index contributed by atoms with van der Waals surface area (Å²) in [6, 6.07) is 4.71. The fraction of sp³-hybridized carbons (Fsp3) is 0.680. The second-order valence-electron chi connectivity index (χ2n) is 10.8. The molecule has 1 heterocycles. The summed E-state index contributed by atoms with van der Waals surface area (Å²) >= 11 is 0. The number of nitrogens with zero attached hydrogens (tertiary/aromatic N) is 1. The largest absolute Gasteiger partial charge is 0.469 e. The number of esters is 1. The average Bonchev–Trinajstić information content (AvgIpc) is 3.33. The van der Waals surface area contributed by atoms with Crippen LogP contribution in [0.25, 0.3) is 0 Å². The van der Waals surface area contributed by atoms with E-state index in [-0.39, 0.29) is 53.7 Å². The topological polar surface area (TPSA) is 114 Å². The molecule has 4 rings (SSSR count). The number of fused-ring (bicyclic) bond motifs is 2. The Morgan fingerprint density at radius 1 is 1.20 bits per heavy atom. The zero-order chi connectivity index (χ0) is 25.4. The molecular weight excluding hydrogens is 470 g/mol. The Hall–Kier alpha value is -2.17. The molecule has 3 fully saturated rings. The highest BCUT2D eigenvalue weighted by Crippen LogP contribution is 2.62. The minimum atomic E-state index is -3.88. The molecular formula is C25H37N3O6S. The number of amides is 1. The number of anilines is 1. The van der Waals surface area contributed by atoms with Crippen molar-refractivity contribution in [3.05, 3.63) is 23.8 Å². The van der Waals surface area contributed by atoms with E-state index < -0.39 is 16.0 Å². The van der Waals surface area contributed by atoms with E-state index in [0.29, 0.717) is 30.4 Å². The number of hydrogen-bond acceptors (Lipinski definition) is 7. The lowest BCUT2D eigenvalue weighted by Crippen LogP contribution is -2.52. The van der Waals surface area contributed by atoms with Crippen LogP contribution in [0.15, 0.2) is 23.1 Å². The van der Waals surface area contributed by atoms with Crippen LogP contribution in [-0.2, 0) is 24.3 Å². The molecule has 1 aromatic carbocycles. The summed E-state index contributed by atoms with van der Waals surface area (Å²) in [4.78, 5) is 24.9. The summed E-state index contributed by atoms with van der Waals surface area (Å²) in [5.74, 6) is -0.0825. The second-order valence-corrected chi connectivity index (χ2v) is 12.7. The molecule has 0 radical (unpaired) electrons. The third kappa shape index (κ3) is 4.93. The number of carbonyl (C=O) groups is 2. The average molecular weight is 508 g/mol. The minimum Gasteiger partial charge on any atom is -0.469 e. The molecule has 3 atom stereocenters. The molecule has 1 saturated heterocycles. The molecule has 9 nitrogen and oxygen atoms in total. The zero-order valence-corrected chi connectivity index (χ0v) is 21.9. The number of rotatable bonds is 8. The number of morpholine rings is 1. The number of sulfonamides is 1. The van der Waals surface area contributed by atoms with Crippen molar-refractivity contribution in [2.24, 2.45) is 16.7 Å². The maximum absolute atomic E-state index is 13.5. The normalized spacial score (nSPS) is 28.0. The van der Waals surface area contributed by atoms with Gasteiger partial charge in [0.2, 0.25) is 10.0 Å². The van der Waals surface area contributed by atoms with Crippen molar-refractivity contribution in [3.8, 4) is 0 Å². The van der Waals surface area contributed by atoms with Crippen molar-refractivity contribution in [2.45, 2.75) is 57.4 Å². The lowest BCUT2D eigenvalue weighted by Gasteiger charge is -2.43. The highest BCUT2D eigenvalue weighted by Gasteiger charge is 2.59. The van der Waals surface area contributed by atoms with E-state index in [9.17, 15) is 18.0 Å². The van der Waals surface area contributed by atoms with Gasteiger partial charge in [-0.25, -0.2) is 8.42 Å². The zero-order valence-electron chi connectivity index (χ0n) is 21.1. The van der Waals surface area contributed by atoms with Crippen molar-refractivity contribution in [2.75, 3.05) is 45.3 Å². The quantitative estimate of drug-likeness (QED) is 0.520. The Morgan fingerprint density at radius 2 is 1.91 bits per heavy atom. The summed E-state index contributed by atoms with van der Waals surface area (Å²) in [6.45, 7) is 8.02. The van der Waals surface area contributed by atoms with Gasteiger partial charge in [0.25, 0.3) is 5.91 Å². The summed E-state index contributed by atoms with van der Waals surface area (Å²) in [5, 5.41) is 6.29. The Kier molecular flexibility index (Phi) is 7.19. The first-order valence-corrected chi connectivity index (χ1v) is 13.8. The lowest BCUT2D eigenvalue weighted by atomic mass is 9.68. The van der Waals surface area contributed by atoms with Crippen LogP contribution >= 0.6 is 0 Å². The lowest BCUT2D eigenvalue weighted by molar-refractivity contribution is -0.140. The first-order valence-electron chi connectivity index (χ1n) is 12.3. The molecule has 35 heavy (non-hydrogen) atoms. The Balaban J connectivity index is 1.61. The Labute approximate surface area is 208 Å². The van der Waals surface area contributed by atoms with Gasteiger partial charge in [-0.05, 0) is 54.2 Å². The van der Waals surface area contributed by atoms with Crippen LogP contribution in [0.1, 0.15) is 56.8 Å². The van der Waals surface area contributed by atoms with Crippen LogP contribution in [0.4, 0.5) is 5.69 Å². The standard InChI is InChI=1S/C25H37N3O6S/c1-24(2)18-7-9-25(3,16-18)23(24)27-22(30)17-5-6-19(26-10-8-21(29)33-4)20(15-17)35(31,32)28-11-13-34-14-12-28/h5-6,15,18,23,26H,7-14,16H2,1-4H3,(H,27,30)/t18-,23?,25-/m1/s1. The van der Waals surface area contributed by atoms with E-state index in [1.807, 2.05) is 0 Å². The van der Waals surface area contributed by atoms with Gasteiger partial charge in [0.15, 0.2) is 0 Å². The Bertz CT molecular complexity index is 1080. The summed E-state index contributed by atoms with van der Waals surface area (Å²) in [5.41, 5.74) is 0.699. The van der Waals surface area contributed by atoms with Crippen LogP contribution in [0, 0.1) is 16.7 Å². The highest BCUT2D eigenvalue weighted by molar-refractivity contribution is 7.89. The molecule has 1 aromatic rings. The van der Waals surface area contributed by atoms with E-state index in [1.54, 1.807) is 12.1 Å². The van der Waals surface area contributed by atoms with E-state index >= 15 is 0 Å². The smallest absolute Gasteiger partial charge is 0.307 e. The summed E-state index contributed by atoms with van der Waals surface area (Å²) < 4.78 is 38.5. The van der Waals surface area contributed by atoms with E-state index in [1.165, 1.54) is 23.9 Å². The van der Waals surface area contributed by atoms with Gasteiger partial charge in [-0.1, -0.05) is 20.8 Å². The van der Waals surface area contributed by atoms with Crippen LogP contribution in [0.3, 0.4) is 0 Å². The first-order chi connectivity index (χ1) is 16.5. The molecule has 0 aromatic heterocycles. The molecule has 2 aliphatic carbocycles. The number of benzene rings is 1. The number of hydrogen-bond donors (Lipinski definition) is 2. The van der Waals surface area contributed by atoms with Crippen LogP contribution in [0.5, 0.6) is 0 Å². The van der Waals surface area contributed by atoms with Gasteiger partial charge in [-0.3, -0.25) is 9.59 Å². The van der Waals surface area contributed by atoms with Gasteiger partial charge in [-0.15, -0.1) is 0 Å². The van der Waals surface area contributed by atoms with Crippen molar-refractivity contribution in [1.29, 1.82) is 0 Å². The predicted octanol–water partition coefficient (Wildman–Crippen LogP) is 2.63. The minimum absolute atomic E-state index is 0.0131. The van der Waals surface area contributed by atoms with Gasteiger partial charge in [-0.2, -0.15) is 4.31 Å². The molecule has 10 heteroatoms. The molecule has 2 bridgehead atoms. The molecule has 1 aliphatic heterocycles. The molecule has 0 spiro atoms. The van der Waals surface area contributed by atoms with Crippen molar-refractivity contribution < 1.29 is 27.5 Å². The summed E-state index contributed by atoms with van der Waals surface area (Å²) in [7, 11) is -2.57. The van der Waals surface area contributed by atoms with Crippen molar-refractivity contribution >= 4 is 27.6 Å². The van der Waals surface area contributed by atoms with Gasteiger partial charge < -0.3 is 20.1 Å². The van der Waals surface area contributed by atoms with Crippen molar-refractivity contribution in [3.63, 3.8) is 0 Å². The number of carbonyl (C=O) groups excluding carboxylic acids is 2. The molecule has 1 unspecified atom stereocenters. The second kappa shape index (κ2) is 9.71. The van der Waals surface area contributed by atoms with Crippen molar-refractivity contribution in [1.82, 2.24) is 9.62 Å². The first kappa shape index (κ1) is 25.9. The van der Waals surface area contributed by atoms with Gasteiger partial charge >= 0.3 is 5.97 Å². The van der Waals surface area contributed by atoms with Crippen LogP contribution in [0.2, 0.25) is 0 Å². The fourth-order valence-corrected chi connectivity index (χ4v) is 7.83. The Morgan fingerprint density at radius 3 is 2.54 bits per heavy atom. The summed E-state index contributed by atoms with van der Waals surface area (Å²) in [6.07, 6.45) is 3.46. The maximum atomic E-state index is 13.5. The predicted molar refractivity (Wildman–Crippen MR) is 132 cm³/mol. The molecule has 1 amide bonds. The molecule has 2 N–H and O–H groups in total. The third-order valence-corrected chi connectivity index (χ3v) is 10.2. The molecule has 2 saturated carbocycles. The number of nitrogens with one attached hydrogen (secondary N) is 2. The fourth-order valence-electron chi connectivity index (χ4n) is 6.23. The number of ether oxygens (including phenoxy) is 2. The molecule has 194 valence electrons. The monoisotopic (exact) mass is 507 g/mol. The van der Waals surface area contributed by atoms with Crippen LogP contribution < -0.4 is 10.6 Å². The van der Waals surface area contributed by atoms with E-state index in [4.69, 9.17) is 4.74 Å². The van der Waals surface area contributed by atoms with Gasteiger partial charge in [0.05, 0.1) is 32.4 Å².